The molecule has 4 rings (SSSR count). The highest BCUT2D eigenvalue weighted by atomic mass is 16.6. The lowest BCUT2D eigenvalue weighted by Crippen LogP contribution is -2.20. The Hall–Kier alpha value is -3.34. The second-order valence-corrected chi connectivity index (χ2v) is 6.50. The van der Waals surface area contributed by atoms with E-state index in [1.54, 1.807) is 12.1 Å². The molecule has 0 saturated heterocycles. The molecule has 4 heteroatoms. The van der Waals surface area contributed by atoms with E-state index in [9.17, 15) is 0 Å². The smallest absolute Gasteiger partial charge is 0.512 e. The molecule has 0 atom stereocenters. The fourth-order valence-electron chi connectivity index (χ4n) is 3.24. The second kappa shape index (κ2) is 8.13. The summed E-state index contributed by atoms with van der Waals surface area (Å²) in [6.07, 6.45) is 0. The van der Waals surface area contributed by atoms with Crippen LogP contribution in [-0.4, -0.2) is 17.4 Å². The van der Waals surface area contributed by atoms with Crippen molar-refractivity contribution in [3.63, 3.8) is 0 Å². The minimum atomic E-state index is -1.82. The first-order valence-electron chi connectivity index (χ1n) is 9.08. The van der Waals surface area contributed by atoms with Crippen molar-refractivity contribution < 1.29 is 14.7 Å². The van der Waals surface area contributed by atoms with E-state index < -0.39 is 7.32 Å². The molecule has 136 valence electrons. The summed E-state index contributed by atoms with van der Waals surface area (Å²) >= 11 is 0. The van der Waals surface area contributed by atoms with Gasteiger partial charge in [0.05, 0.1) is 0 Å². The average Bonchev–Trinajstić information content (AvgIpc) is 2.75. The van der Waals surface area contributed by atoms with Crippen LogP contribution < -0.4 is 4.65 Å². The Morgan fingerprint density at radius 2 is 0.857 bits per heavy atom. The van der Waals surface area contributed by atoms with Crippen molar-refractivity contribution in [2.75, 3.05) is 0 Å². The van der Waals surface area contributed by atoms with Gasteiger partial charge in [-0.05, 0) is 63.7 Å². The molecule has 0 aromatic heterocycles. The van der Waals surface area contributed by atoms with Crippen molar-refractivity contribution in [1.82, 2.24) is 0 Å². The minimum absolute atomic E-state index is 0.404. The lowest BCUT2D eigenvalue weighted by molar-refractivity contribution is 0.288. The van der Waals surface area contributed by atoms with E-state index in [1.807, 2.05) is 48.5 Å². The van der Waals surface area contributed by atoms with Crippen LogP contribution in [0.25, 0.3) is 33.4 Å². The Bertz CT molecular complexity index is 988. The lowest BCUT2D eigenvalue weighted by Gasteiger charge is -2.12. The van der Waals surface area contributed by atoms with E-state index in [0.717, 1.165) is 33.4 Å². The minimum Gasteiger partial charge on any atom is -0.512 e. The van der Waals surface area contributed by atoms with Gasteiger partial charge in [-0.15, -0.1) is 0 Å². The van der Waals surface area contributed by atoms with Gasteiger partial charge in [0.15, 0.2) is 0 Å². The highest BCUT2D eigenvalue weighted by Crippen LogP contribution is 2.33. The maximum Gasteiger partial charge on any atom is 0.707 e. The summed E-state index contributed by atoms with van der Waals surface area (Å²) < 4.78 is 4.90. The summed E-state index contributed by atoms with van der Waals surface area (Å²) in [6, 6.07) is 34.4. The van der Waals surface area contributed by atoms with E-state index >= 15 is 0 Å². The molecule has 0 spiro atoms. The molecule has 0 saturated carbocycles. The number of hydrogen-bond donors (Lipinski definition) is 2. The average molecular weight is 366 g/mol. The molecule has 0 aliphatic heterocycles. The molecule has 2 N–H and O–H groups in total. The standard InChI is InChI=1S/C24H19BO3/c26-25(27)28-24-13-11-20(12-14-24)23-16-21(18-7-3-1-4-8-18)15-22(17-23)19-9-5-2-6-10-19/h1-17,26-27H. The Labute approximate surface area is 164 Å². The third kappa shape index (κ3) is 4.14. The summed E-state index contributed by atoms with van der Waals surface area (Å²) in [5.74, 6) is 0.404. The SMILES string of the molecule is OB(O)Oc1ccc(-c2cc(-c3ccccc3)cc(-c3ccccc3)c2)cc1. The first kappa shape index (κ1) is 18.0. The van der Waals surface area contributed by atoms with E-state index in [2.05, 4.69) is 42.5 Å². The van der Waals surface area contributed by atoms with Crippen LogP contribution in [0.4, 0.5) is 0 Å². The molecule has 0 heterocycles. The zero-order valence-corrected chi connectivity index (χ0v) is 15.2. The maximum absolute atomic E-state index is 8.95. The van der Waals surface area contributed by atoms with Gasteiger partial charge in [-0.1, -0.05) is 72.8 Å². The van der Waals surface area contributed by atoms with Crippen LogP contribution in [0.1, 0.15) is 0 Å². The summed E-state index contributed by atoms with van der Waals surface area (Å²) in [7, 11) is -1.82. The van der Waals surface area contributed by atoms with Crippen LogP contribution in [0.2, 0.25) is 0 Å². The van der Waals surface area contributed by atoms with Crippen LogP contribution in [-0.2, 0) is 0 Å². The van der Waals surface area contributed by atoms with Gasteiger partial charge in [0.25, 0.3) is 0 Å². The largest absolute Gasteiger partial charge is 0.707 e. The van der Waals surface area contributed by atoms with Gasteiger partial charge >= 0.3 is 7.32 Å². The predicted octanol–water partition coefficient (Wildman–Crippen LogP) is 5.04. The second-order valence-electron chi connectivity index (χ2n) is 6.50. The zero-order valence-electron chi connectivity index (χ0n) is 15.2. The van der Waals surface area contributed by atoms with Gasteiger partial charge in [-0.25, -0.2) is 0 Å². The van der Waals surface area contributed by atoms with Crippen molar-refractivity contribution in [1.29, 1.82) is 0 Å². The first-order chi connectivity index (χ1) is 13.7. The van der Waals surface area contributed by atoms with E-state index in [1.165, 1.54) is 0 Å². The molecule has 0 fully saturated rings. The van der Waals surface area contributed by atoms with Crippen LogP contribution in [0.15, 0.2) is 103 Å². The van der Waals surface area contributed by atoms with Gasteiger partial charge in [-0.3, -0.25) is 0 Å². The van der Waals surface area contributed by atoms with Gasteiger partial charge in [0, 0.05) is 0 Å². The summed E-state index contributed by atoms with van der Waals surface area (Å²) in [5, 5.41) is 17.9. The van der Waals surface area contributed by atoms with Crippen molar-refractivity contribution >= 4 is 7.32 Å². The quantitative estimate of drug-likeness (QED) is 0.487. The zero-order chi connectivity index (χ0) is 19.3. The molecule has 4 aromatic rings. The molecule has 4 aromatic carbocycles. The first-order valence-corrected chi connectivity index (χ1v) is 9.08. The normalized spacial score (nSPS) is 10.5. The Kier molecular flexibility index (Phi) is 5.24. The third-order valence-corrected chi connectivity index (χ3v) is 4.58. The molecular weight excluding hydrogens is 347 g/mol. The van der Waals surface area contributed by atoms with Gasteiger partial charge in [0.1, 0.15) is 5.75 Å². The molecular formula is C24H19BO3. The molecule has 0 unspecified atom stereocenters. The van der Waals surface area contributed by atoms with Gasteiger partial charge in [0.2, 0.25) is 0 Å². The molecule has 28 heavy (non-hydrogen) atoms. The molecule has 0 radical (unpaired) electrons. The molecule has 0 aliphatic carbocycles. The highest BCUT2D eigenvalue weighted by molar-refractivity contribution is 6.33. The topological polar surface area (TPSA) is 49.7 Å². The molecule has 0 aliphatic rings. The third-order valence-electron chi connectivity index (χ3n) is 4.58. The Balaban J connectivity index is 1.80. The van der Waals surface area contributed by atoms with Crippen LogP contribution in [0.3, 0.4) is 0 Å². The monoisotopic (exact) mass is 366 g/mol. The number of benzene rings is 4. The maximum atomic E-state index is 8.95. The van der Waals surface area contributed by atoms with E-state index in [-0.39, 0.29) is 0 Å². The van der Waals surface area contributed by atoms with Crippen molar-refractivity contribution in [3.8, 4) is 39.1 Å². The summed E-state index contributed by atoms with van der Waals surface area (Å²) in [4.78, 5) is 0. The van der Waals surface area contributed by atoms with Gasteiger partial charge in [-0.2, -0.15) is 0 Å². The van der Waals surface area contributed by atoms with Crippen LogP contribution in [0.5, 0.6) is 5.75 Å². The Morgan fingerprint density at radius 1 is 0.464 bits per heavy atom. The van der Waals surface area contributed by atoms with Crippen molar-refractivity contribution in [2.24, 2.45) is 0 Å². The number of rotatable bonds is 5. The molecule has 3 nitrogen and oxygen atoms in total. The fourth-order valence-corrected chi connectivity index (χ4v) is 3.24. The highest BCUT2D eigenvalue weighted by Gasteiger charge is 2.11. The van der Waals surface area contributed by atoms with E-state index in [4.69, 9.17) is 14.7 Å². The van der Waals surface area contributed by atoms with Gasteiger partial charge < -0.3 is 14.7 Å². The molecule has 0 amide bonds. The van der Waals surface area contributed by atoms with Crippen molar-refractivity contribution in [2.45, 2.75) is 0 Å². The fraction of sp³-hybridized carbons (Fsp3) is 0. The molecule has 0 bridgehead atoms. The van der Waals surface area contributed by atoms with Crippen LogP contribution in [0, 0.1) is 0 Å². The van der Waals surface area contributed by atoms with Crippen LogP contribution >= 0.6 is 0 Å². The summed E-state index contributed by atoms with van der Waals surface area (Å²) in [6.45, 7) is 0. The number of hydrogen-bond acceptors (Lipinski definition) is 3. The Morgan fingerprint density at radius 3 is 1.25 bits per heavy atom. The summed E-state index contributed by atoms with van der Waals surface area (Å²) in [5.41, 5.74) is 6.70. The lowest BCUT2D eigenvalue weighted by atomic mass is 9.93. The van der Waals surface area contributed by atoms with Crippen molar-refractivity contribution in [3.05, 3.63) is 103 Å². The van der Waals surface area contributed by atoms with E-state index in [0.29, 0.717) is 5.75 Å². The predicted molar refractivity (Wildman–Crippen MR) is 114 cm³/mol.